The molecule has 3 aromatic rings. The van der Waals surface area contributed by atoms with E-state index in [2.05, 4.69) is 29.8 Å². The van der Waals surface area contributed by atoms with Gasteiger partial charge in [-0.1, -0.05) is 45.7 Å². The number of carboxylic acid groups (broad SMARTS) is 1. The van der Waals surface area contributed by atoms with Gasteiger partial charge in [-0.05, 0) is 55.5 Å². The molecule has 0 bridgehead atoms. The monoisotopic (exact) mass is 450 g/mol. The summed E-state index contributed by atoms with van der Waals surface area (Å²) in [6, 6.07) is 8.46. The van der Waals surface area contributed by atoms with Gasteiger partial charge >= 0.3 is 5.97 Å². The fraction of sp³-hybridized carbons (Fsp3) is 0.462. The molecule has 2 aromatic heterocycles. The molecule has 2 heterocycles. The van der Waals surface area contributed by atoms with Crippen molar-refractivity contribution in [2.75, 3.05) is 0 Å². The van der Waals surface area contributed by atoms with Crippen LogP contribution in [0.2, 0.25) is 0 Å². The van der Waals surface area contributed by atoms with Gasteiger partial charge in [-0.25, -0.2) is 14.8 Å². The van der Waals surface area contributed by atoms with E-state index in [0.717, 1.165) is 53.1 Å². The summed E-state index contributed by atoms with van der Waals surface area (Å²) >= 11 is 0. The lowest BCUT2D eigenvalue weighted by Gasteiger charge is -2.20. The van der Waals surface area contributed by atoms with E-state index < -0.39 is 12.0 Å². The minimum absolute atomic E-state index is 0.152. The Kier molecular flexibility index (Phi) is 7.84. The molecule has 1 aromatic carbocycles. The molecule has 0 aliphatic carbocycles. The molecule has 0 aliphatic rings. The molecule has 0 aliphatic heterocycles. The minimum Gasteiger partial charge on any atom is -0.480 e. The lowest BCUT2D eigenvalue weighted by atomic mass is 9.99. The van der Waals surface area contributed by atoms with Gasteiger partial charge in [0.15, 0.2) is 5.65 Å². The first-order chi connectivity index (χ1) is 15.7. The van der Waals surface area contributed by atoms with E-state index in [1.54, 1.807) is 12.1 Å². The van der Waals surface area contributed by atoms with Crippen LogP contribution in [0.15, 0.2) is 30.3 Å². The van der Waals surface area contributed by atoms with Crippen LogP contribution in [0.1, 0.15) is 73.0 Å². The molecule has 0 saturated heterocycles. The smallest absolute Gasteiger partial charge is 0.326 e. The number of fused-ring (bicyclic) bond motifs is 1. The number of carbonyl (C=O) groups excluding carboxylic acids is 1. The summed E-state index contributed by atoms with van der Waals surface area (Å²) in [5.41, 5.74) is 5.38. The third kappa shape index (κ3) is 5.59. The molecule has 7 nitrogen and oxygen atoms in total. The molecule has 2 N–H and O–H groups in total. The van der Waals surface area contributed by atoms with Crippen molar-refractivity contribution < 1.29 is 14.7 Å². The SMILES string of the molecule is CCCCc1nc2c(C)cc(C)nc2n1Cc1ccc(C(=O)N[C@H](C(=O)O)[C@@H](C)CC)cc1. The predicted molar refractivity (Wildman–Crippen MR) is 130 cm³/mol. The molecular formula is C26H34N4O3. The van der Waals surface area contributed by atoms with Crippen molar-refractivity contribution in [3.63, 3.8) is 0 Å². The van der Waals surface area contributed by atoms with Crippen molar-refractivity contribution in [2.24, 2.45) is 5.92 Å². The topological polar surface area (TPSA) is 97.1 Å². The molecule has 0 radical (unpaired) electrons. The molecular weight excluding hydrogens is 416 g/mol. The third-order valence-electron chi connectivity index (χ3n) is 6.18. The summed E-state index contributed by atoms with van der Waals surface area (Å²) in [4.78, 5) is 33.8. The summed E-state index contributed by atoms with van der Waals surface area (Å²) in [7, 11) is 0. The number of nitrogens with one attached hydrogen (secondary N) is 1. The number of hydrogen-bond acceptors (Lipinski definition) is 4. The molecule has 0 unspecified atom stereocenters. The van der Waals surface area contributed by atoms with Crippen molar-refractivity contribution in [3.05, 3.63) is 58.5 Å². The molecule has 2 atom stereocenters. The Bertz CT molecular complexity index is 1130. The summed E-state index contributed by atoms with van der Waals surface area (Å²) in [5.74, 6) is -0.521. The van der Waals surface area contributed by atoms with Crippen LogP contribution in [-0.2, 0) is 17.8 Å². The molecule has 0 spiro atoms. The second kappa shape index (κ2) is 10.6. The highest BCUT2D eigenvalue weighted by atomic mass is 16.4. The second-order valence-electron chi connectivity index (χ2n) is 8.84. The lowest BCUT2D eigenvalue weighted by molar-refractivity contribution is -0.140. The number of carbonyl (C=O) groups is 2. The van der Waals surface area contributed by atoms with Crippen molar-refractivity contribution in [3.8, 4) is 0 Å². The van der Waals surface area contributed by atoms with Crippen LogP contribution < -0.4 is 5.32 Å². The fourth-order valence-corrected chi connectivity index (χ4v) is 3.99. The van der Waals surface area contributed by atoms with Crippen LogP contribution in [0.5, 0.6) is 0 Å². The molecule has 7 heteroatoms. The van der Waals surface area contributed by atoms with Gasteiger partial charge in [-0.15, -0.1) is 0 Å². The lowest BCUT2D eigenvalue weighted by Crippen LogP contribution is -2.45. The molecule has 1 amide bonds. The quantitative estimate of drug-likeness (QED) is 0.468. The first-order valence-electron chi connectivity index (χ1n) is 11.7. The number of carboxylic acids is 1. The Balaban J connectivity index is 1.85. The summed E-state index contributed by atoms with van der Waals surface area (Å²) < 4.78 is 2.17. The Morgan fingerprint density at radius 3 is 2.42 bits per heavy atom. The number of aryl methyl sites for hydroxylation is 3. The Morgan fingerprint density at radius 2 is 1.82 bits per heavy atom. The average Bonchev–Trinajstić information content (AvgIpc) is 3.13. The second-order valence-corrected chi connectivity index (χ2v) is 8.84. The van der Waals surface area contributed by atoms with E-state index in [9.17, 15) is 14.7 Å². The maximum atomic E-state index is 12.6. The first-order valence-corrected chi connectivity index (χ1v) is 11.7. The van der Waals surface area contributed by atoms with Gasteiger partial charge in [0.25, 0.3) is 5.91 Å². The van der Waals surface area contributed by atoms with Crippen molar-refractivity contribution in [2.45, 2.75) is 72.9 Å². The van der Waals surface area contributed by atoms with Gasteiger partial charge in [0.1, 0.15) is 17.4 Å². The van der Waals surface area contributed by atoms with Crippen LogP contribution >= 0.6 is 0 Å². The number of aliphatic carboxylic acids is 1. The van der Waals surface area contributed by atoms with Gasteiger partial charge in [0.05, 0.1) is 6.54 Å². The molecule has 0 fully saturated rings. The van der Waals surface area contributed by atoms with E-state index in [1.807, 2.05) is 32.9 Å². The Labute approximate surface area is 195 Å². The standard InChI is InChI=1S/C26H34N4O3/c1-6-8-9-21-28-22-17(4)14-18(5)27-24(22)30(21)15-19-10-12-20(13-11-19)25(31)29-23(26(32)33)16(3)7-2/h10-14,16,23H,6-9,15H2,1-5H3,(H,29,31)(H,32,33)/t16-,23-/m0/s1. The molecule has 3 rings (SSSR count). The normalized spacial score (nSPS) is 13.1. The van der Waals surface area contributed by atoms with E-state index in [1.165, 1.54) is 0 Å². The predicted octanol–water partition coefficient (Wildman–Crippen LogP) is 4.67. The maximum Gasteiger partial charge on any atom is 0.326 e. The van der Waals surface area contributed by atoms with Gasteiger partial charge in [-0.2, -0.15) is 0 Å². The highest BCUT2D eigenvalue weighted by molar-refractivity contribution is 5.96. The van der Waals surface area contributed by atoms with E-state index >= 15 is 0 Å². The number of imidazole rings is 1. The van der Waals surface area contributed by atoms with Crippen LogP contribution in [0.25, 0.3) is 11.2 Å². The molecule has 176 valence electrons. The number of benzene rings is 1. The summed E-state index contributed by atoms with van der Waals surface area (Å²) in [5, 5.41) is 12.1. The third-order valence-corrected chi connectivity index (χ3v) is 6.18. The van der Waals surface area contributed by atoms with Crippen LogP contribution in [0, 0.1) is 19.8 Å². The van der Waals surface area contributed by atoms with E-state index in [0.29, 0.717) is 18.5 Å². The van der Waals surface area contributed by atoms with Gasteiger partial charge < -0.3 is 15.0 Å². The number of amides is 1. The number of aromatic nitrogens is 3. The first kappa shape index (κ1) is 24.4. The van der Waals surface area contributed by atoms with Crippen molar-refractivity contribution in [1.29, 1.82) is 0 Å². The largest absolute Gasteiger partial charge is 0.480 e. The Morgan fingerprint density at radius 1 is 1.12 bits per heavy atom. The average molecular weight is 451 g/mol. The van der Waals surface area contributed by atoms with Crippen LogP contribution in [0.3, 0.4) is 0 Å². The highest BCUT2D eigenvalue weighted by Crippen LogP contribution is 2.22. The maximum absolute atomic E-state index is 12.6. The van der Waals surface area contributed by atoms with Crippen molar-refractivity contribution in [1.82, 2.24) is 19.9 Å². The van der Waals surface area contributed by atoms with Crippen LogP contribution in [-0.4, -0.2) is 37.6 Å². The van der Waals surface area contributed by atoms with Gasteiger partial charge in [0.2, 0.25) is 0 Å². The number of unbranched alkanes of at least 4 members (excludes halogenated alkanes) is 1. The van der Waals surface area contributed by atoms with Gasteiger partial charge in [0, 0.05) is 17.7 Å². The number of pyridine rings is 1. The summed E-state index contributed by atoms with van der Waals surface area (Å²) in [6.07, 6.45) is 3.70. The number of hydrogen-bond donors (Lipinski definition) is 2. The van der Waals surface area contributed by atoms with E-state index in [-0.39, 0.29) is 11.8 Å². The zero-order valence-corrected chi connectivity index (χ0v) is 20.2. The minimum atomic E-state index is -1.01. The van der Waals surface area contributed by atoms with Gasteiger partial charge in [-0.3, -0.25) is 4.79 Å². The van der Waals surface area contributed by atoms with Crippen LogP contribution in [0.4, 0.5) is 0 Å². The highest BCUT2D eigenvalue weighted by Gasteiger charge is 2.25. The summed E-state index contributed by atoms with van der Waals surface area (Å²) in [6.45, 7) is 10.6. The van der Waals surface area contributed by atoms with Crippen molar-refractivity contribution >= 4 is 23.0 Å². The number of rotatable bonds is 10. The zero-order chi connectivity index (χ0) is 24.1. The fourth-order valence-electron chi connectivity index (χ4n) is 3.99. The Hall–Kier alpha value is -3.22. The number of nitrogens with zero attached hydrogens (tertiary/aromatic N) is 3. The zero-order valence-electron chi connectivity index (χ0n) is 20.2. The van der Waals surface area contributed by atoms with E-state index in [4.69, 9.17) is 9.97 Å². The molecule has 33 heavy (non-hydrogen) atoms. The molecule has 0 saturated carbocycles.